The molecule has 0 saturated heterocycles. The van der Waals surface area contributed by atoms with Gasteiger partial charge in [-0.05, 0) is 27.6 Å². The third kappa shape index (κ3) is 2.46. The zero-order valence-electron chi connectivity index (χ0n) is 10.0. The summed E-state index contributed by atoms with van der Waals surface area (Å²) in [5.74, 6) is 0.440. The zero-order chi connectivity index (χ0) is 13.2. The molecule has 3 rings (SSSR count). The van der Waals surface area contributed by atoms with Crippen LogP contribution in [-0.2, 0) is 11.3 Å². The van der Waals surface area contributed by atoms with Gasteiger partial charge in [0.05, 0.1) is 6.54 Å². The summed E-state index contributed by atoms with van der Waals surface area (Å²) in [4.78, 5) is 17.9. The molecule has 96 valence electrons. The predicted octanol–water partition coefficient (Wildman–Crippen LogP) is 2.77. The van der Waals surface area contributed by atoms with E-state index >= 15 is 0 Å². The Balaban J connectivity index is 1.97. The van der Waals surface area contributed by atoms with Gasteiger partial charge in [-0.3, -0.25) is 4.79 Å². The summed E-state index contributed by atoms with van der Waals surface area (Å²) in [5, 5.41) is 0. The van der Waals surface area contributed by atoms with Gasteiger partial charge in [0.25, 0.3) is 5.91 Å². The first-order valence-electron chi connectivity index (χ1n) is 5.86. The summed E-state index contributed by atoms with van der Waals surface area (Å²) in [7, 11) is 0. The fourth-order valence-corrected chi connectivity index (χ4v) is 2.32. The second-order valence-electron chi connectivity index (χ2n) is 4.23. The molecule has 2 heterocycles. The Morgan fingerprint density at radius 1 is 1.32 bits per heavy atom. The number of hydrogen-bond donors (Lipinski definition) is 0. The van der Waals surface area contributed by atoms with Crippen LogP contribution >= 0.6 is 15.9 Å². The van der Waals surface area contributed by atoms with Gasteiger partial charge >= 0.3 is 0 Å². The van der Waals surface area contributed by atoms with Crippen LogP contribution in [0.3, 0.4) is 0 Å². The number of fused-ring (bicyclic) bond motifs is 1. The average Bonchev–Trinajstić information content (AvgIpc) is 2.43. The molecular weight excluding hydrogens is 308 g/mol. The molecule has 0 spiro atoms. The Bertz CT molecular complexity index is 616. The highest BCUT2D eigenvalue weighted by molar-refractivity contribution is 9.10. The van der Waals surface area contributed by atoms with Crippen LogP contribution in [0.4, 0.5) is 5.69 Å². The number of carbonyl (C=O) groups excluding carboxylic acids is 1. The van der Waals surface area contributed by atoms with E-state index in [0.29, 0.717) is 18.1 Å². The maximum atomic E-state index is 12.0. The topological polar surface area (TPSA) is 42.4 Å². The van der Waals surface area contributed by atoms with Crippen molar-refractivity contribution in [1.29, 1.82) is 0 Å². The Hall–Kier alpha value is -1.88. The molecule has 1 amide bonds. The van der Waals surface area contributed by atoms with E-state index in [0.717, 1.165) is 10.0 Å². The lowest BCUT2D eigenvalue weighted by molar-refractivity contribution is -0.121. The Morgan fingerprint density at radius 3 is 2.89 bits per heavy atom. The van der Waals surface area contributed by atoms with Crippen molar-refractivity contribution in [1.82, 2.24) is 4.98 Å². The van der Waals surface area contributed by atoms with Crippen LogP contribution in [-0.4, -0.2) is 17.5 Å². The molecule has 5 heteroatoms. The smallest absolute Gasteiger partial charge is 0.265 e. The molecule has 1 aliphatic rings. The molecule has 0 saturated carbocycles. The van der Waals surface area contributed by atoms with Crippen molar-refractivity contribution in [3.05, 3.63) is 52.6 Å². The van der Waals surface area contributed by atoms with Crippen molar-refractivity contribution in [3.63, 3.8) is 0 Å². The van der Waals surface area contributed by atoms with Crippen molar-refractivity contribution < 1.29 is 9.53 Å². The molecule has 4 nitrogen and oxygen atoms in total. The Kier molecular flexibility index (Phi) is 3.21. The minimum absolute atomic E-state index is 0.0362. The number of rotatable bonds is 2. The van der Waals surface area contributed by atoms with Crippen molar-refractivity contribution in [3.8, 4) is 5.88 Å². The fraction of sp³-hybridized carbons (Fsp3) is 0.143. The molecule has 1 aromatic heterocycles. The fourth-order valence-electron chi connectivity index (χ4n) is 2.00. The molecule has 1 aromatic carbocycles. The van der Waals surface area contributed by atoms with E-state index in [1.165, 1.54) is 0 Å². The molecule has 2 aromatic rings. The first kappa shape index (κ1) is 12.2. The number of aromatic nitrogens is 1. The van der Waals surface area contributed by atoms with Crippen LogP contribution in [0.15, 0.2) is 47.1 Å². The number of hydrogen-bond acceptors (Lipinski definition) is 3. The third-order valence-corrected chi connectivity index (χ3v) is 3.34. The molecular formula is C14H11BrN2O2. The molecule has 0 radical (unpaired) electrons. The van der Waals surface area contributed by atoms with Gasteiger partial charge in [-0.25, -0.2) is 4.98 Å². The summed E-state index contributed by atoms with van der Waals surface area (Å²) >= 11 is 3.37. The van der Waals surface area contributed by atoms with E-state index in [4.69, 9.17) is 4.74 Å². The first-order valence-corrected chi connectivity index (χ1v) is 6.66. The highest BCUT2D eigenvalue weighted by atomic mass is 79.9. The van der Waals surface area contributed by atoms with Crippen LogP contribution in [0.1, 0.15) is 5.56 Å². The van der Waals surface area contributed by atoms with Crippen LogP contribution in [0, 0.1) is 0 Å². The van der Waals surface area contributed by atoms with Gasteiger partial charge in [0.1, 0.15) is 5.69 Å². The highest BCUT2D eigenvalue weighted by Gasteiger charge is 2.26. The number of carbonyl (C=O) groups is 1. The number of benzene rings is 1. The third-order valence-electron chi connectivity index (χ3n) is 2.91. The first-order chi connectivity index (χ1) is 9.24. The van der Waals surface area contributed by atoms with E-state index in [2.05, 4.69) is 20.9 Å². The maximum Gasteiger partial charge on any atom is 0.265 e. The van der Waals surface area contributed by atoms with E-state index in [-0.39, 0.29) is 12.5 Å². The van der Waals surface area contributed by atoms with Crippen molar-refractivity contribution in [2.24, 2.45) is 0 Å². The molecule has 0 atom stereocenters. The summed E-state index contributed by atoms with van der Waals surface area (Å²) in [5.41, 5.74) is 1.78. The molecule has 0 fully saturated rings. The average molecular weight is 319 g/mol. The quantitative estimate of drug-likeness (QED) is 0.855. The van der Waals surface area contributed by atoms with Crippen molar-refractivity contribution in [2.75, 3.05) is 11.5 Å². The van der Waals surface area contributed by atoms with E-state index in [1.54, 1.807) is 11.1 Å². The minimum atomic E-state index is -0.0590. The summed E-state index contributed by atoms with van der Waals surface area (Å²) in [6.07, 6.45) is 1.66. The number of amides is 1. The number of pyridine rings is 1. The van der Waals surface area contributed by atoms with E-state index in [9.17, 15) is 4.79 Å². The predicted molar refractivity (Wildman–Crippen MR) is 75.1 cm³/mol. The normalized spacial score (nSPS) is 13.9. The summed E-state index contributed by atoms with van der Waals surface area (Å²) in [6, 6.07) is 11.7. The van der Waals surface area contributed by atoms with Gasteiger partial charge < -0.3 is 9.64 Å². The highest BCUT2D eigenvalue weighted by Crippen LogP contribution is 2.33. The second-order valence-corrected chi connectivity index (χ2v) is 5.15. The SMILES string of the molecule is O=C1COc2ncc(Br)cc2N1Cc1ccccc1. The number of halogens is 1. The Labute approximate surface area is 119 Å². The maximum absolute atomic E-state index is 12.0. The van der Waals surface area contributed by atoms with Gasteiger partial charge in [0, 0.05) is 10.7 Å². The minimum Gasteiger partial charge on any atom is -0.466 e. The molecule has 0 aliphatic carbocycles. The number of anilines is 1. The summed E-state index contributed by atoms with van der Waals surface area (Å²) in [6.45, 7) is 0.558. The lowest BCUT2D eigenvalue weighted by atomic mass is 10.2. The Morgan fingerprint density at radius 2 is 2.11 bits per heavy atom. The monoisotopic (exact) mass is 318 g/mol. The van der Waals surface area contributed by atoms with E-state index in [1.807, 2.05) is 36.4 Å². The van der Waals surface area contributed by atoms with Gasteiger partial charge in [-0.15, -0.1) is 0 Å². The number of ether oxygens (including phenoxy) is 1. The van der Waals surface area contributed by atoms with Crippen LogP contribution < -0.4 is 9.64 Å². The second kappa shape index (κ2) is 5.01. The molecule has 0 bridgehead atoms. The van der Waals surface area contributed by atoms with E-state index < -0.39 is 0 Å². The molecule has 0 N–H and O–H groups in total. The van der Waals surface area contributed by atoms with Crippen LogP contribution in [0.5, 0.6) is 5.88 Å². The summed E-state index contributed by atoms with van der Waals surface area (Å²) < 4.78 is 6.16. The standard InChI is InChI=1S/C14H11BrN2O2/c15-11-6-12-14(16-7-11)19-9-13(18)17(12)8-10-4-2-1-3-5-10/h1-7H,8-9H2. The van der Waals surface area contributed by atoms with Gasteiger partial charge in [-0.2, -0.15) is 0 Å². The van der Waals surface area contributed by atoms with Crippen LogP contribution in [0.2, 0.25) is 0 Å². The number of nitrogens with zero attached hydrogens (tertiary/aromatic N) is 2. The van der Waals surface area contributed by atoms with Crippen molar-refractivity contribution >= 4 is 27.5 Å². The molecule has 19 heavy (non-hydrogen) atoms. The van der Waals surface area contributed by atoms with Gasteiger partial charge in [-0.1, -0.05) is 30.3 Å². The van der Waals surface area contributed by atoms with Crippen molar-refractivity contribution in [2.45, 2.75) is 6.54 Å². The zero-order valence-corrected chi connectivity index (χ0v) is 11.6. The largest absolute Gasteiger partial charge is 0.466 e. The van der Waals surface area contributed by atoms with Crippen LogP contribution in [0.25, 0.3) is 0 Å². The molecule has 1 aliphatic heterocycles. The van der Waals surface area contributed by atoms with Gasteiger partial charge in [0.15, 0.2) is 6.61 Å². The van der Waals surface area contributed by atoms with Gasteiger partial charge in [0.2, 0.25) is 5.88 Å². The lowest BCUT2D eigenvalue weighted by Gasteiger charge is -2.28. The molecule has 0 unspecified atom stereocenters. The lowest BCUT2D eigenvalue weighted by Crippen LogP contribution is -2.38.